The number of benzene rings is 7. The second kappa shape index (κ2) is 10.8. The van der Waals surface area contributed by atoms with Gasteiger partial charge in [0.05, 0.1) is 18.2 Å². The van der Waals surface area contributed by atoms with Crippen LogP contribution < -0.4 is 0 Å². The molecule has 0 aliphatic heterocycles. The molecule has 1 aliphatic carbocycles. The van der Waals surface area contributed by atoms with E-state index in [1.165, 1.54) is 16.5 Å². The van der Waals surface area contributed by atoms with Gasteiger partial charge in [-0.05, 0) is 80.6 Å². The Balaban J connectivity index is 1.16. The first kappa shape index (κ1) is 23.9. The average Bonchev–Trinajstić information content (AvgIpc) is 3.69. The molecule has 0 bridgehead atoms. The van der Waals surface area contributed by atoms with Gasteiger partial charge in [0, 0.05) is 32.9 Å². The van der Waals surface area contributed by atoms with Crippen LogP contribution in [0.3, 0.4) is 0 Å². The second-order valence-electron chi connectivity index (χ2n) is 13.4. The van der Waals surface area contributed by atoms with E-state index in [2.05, 4.69) is 86.6 Å². The first-order valence-electron chi connectivity index (χ1n) is 19.2. The molecule has 0 atom stereocenters. The lowest BCUT2D eigenvalue weighted by atomic mass is 9.81. The molecule has 0 fully saturated rings. The monoisotopic (exact) mass is 645 g/mol. The summed E-state index contributed by atoms with van der Waals surface area (Å²) >= 11 is 0. The number of nitrogens with zero attached hydrogens (tertiary/aromatic N) is 2. The second-order valence-corrected chi connectivity index (χ2v) is 13.4. The molecule has 0 saturated heterocycles. The van der Waals surface area contributed by atoms with Crippen LogP contribution in [0.4, 0.5) is 0 Å². The predicted molar refractivity (Wildman–Crippen MR) is 206 cm³/mol. The van der Waals surface area contributed by atoms with Gasteiger partial charge in [-0.3, -0.25) is 0 Å². The Kier molecular flexibility index (Phi) is 5.19. The standard InChI is InChI=1S/C47H32N2O/c1-47(2)39-17-10-16-36(45(39)38-26-32-13-6-7-14-33(32)27-40(38)47)42-28-41(48-46(49-42)31-11-4-3-5-12-31)30-21-19-29(20-22-30)34-23-24-44-37(25-34)35-15-8-9-18-43(35)50-44/h3-28H,1-2H3/i3D,4D,5D,11D,12D. The Labute approximate surface area is 297 Å². The molecule has 2 heterocycles. The van der Waals surface area contributed by atoms with Crippen molar-refractivity contribution in [3.8, 4) is 56.2 Å². The molecule has 50 heavy (non-hydrogen) atoms. The van der Waals surface area contributed by atoms with Gasteiger partial charge in [0.1, 0.15) is 11.2 Å². The largest absolute Gasteiger partial charge is 0.456 e. The Bertz CT molecular complexity index is 3050. The zero-order valence-corrected chi connectivity index (χ0v) is 27.4. The minimum atomic E-state index is -0.459. The normalized spacial score (nSPS) is 14.6. The predicted octanol–water partition coefficient (Wildman–Crippen LogP) is 12.5. The molecule has 0 unspecified atom stereocenters. The fourth-order valence-electron chi connectivity index (χ4n) is 7.63. The molecule has 2 aromatic heterocycles. The van der Waals surface area contributed by atoms with Crippen LogP contribution >= 0.6 is 0 Å². The molecule has 10 rings (SSSR count). The molecule has 7 aromatic carbocycles. The molecule has 0 radical (unpaired) electrons. The summed E-state index contributed by atoms with van der Waals surface area (Å²) in [4.78, 5) is 9.94. The molecule has 0 spiro atoms. The maximum atomic E-state index is 8.83. The molecule has 3 heteroatoms. The van der Waals surface area contributed by atoms with Crippen molar-refractivity contribution < 1.29 is 11.3 Å². The highest BCUT2D eigenvalue weighted by atomic mass is 16.3. The van der Waals surface area contributed by atoms with E-state index in [1.807, 2.05) is 54.6 Å². The minimum Gasteiger partial charge on any atom is -0.456 e. The van der Waals surface area contributed by atoms with Crippen molar-refractivity contribution in [2.75, 3.05) is 0 Å². The lowest BCUT2D eigenvalue weighted by Gasteiger charge is -2.22. The van der Waals surface area contributed by atoms with E-state index in [1.54, 1.807) is 0 Å². The number of aromatic nitrogens is 2. The summed E-state index contributed by atoms with van der Waals surface area (Å²) in [5.74, 6) is 0.0689. The quantitative estimate of drug-likeness (QED) is 0.191. The summed E-state index contributed by atoms with van der Waals surface area (Å²) in [5.41, 5.74) is 10.9. The van der Waals surface area contributed by atoms with Crippen molar-refractivity contribution in [1.82, 2.24) is 9.97 Å². The van der Waals surface area contributed by atoms with Gasteiger partial charge in [0.25, 0.3) is 0 Å². The van der Waals surface area contributed by atoms with E-state index in [-0.39, 0.29) is 28.9 Å². The maximum absolute atomic E-state index is 8.83. The van der Waals surface area contributed by atoms with Crippen molar-refractivity contribution in [3.05, 3.63) is 169 Å². The molecule has 1 aliphatic rings. The van der Waals surface area contributed by atoms with Crippen LogP contribution in [0.25, 0.3) is 88.9 Å². The van der Waals surface area contributed by atoms with Crippen molar-refractivity contribution in [2.45, 2.75) is 19.3 Å². The van der Waals surface area contributed by atoms with Gasteiger partial charge in [-0.1, -0.05) is 135 Å². The van der Waals surface area contributed by atoms with E-state index in [9.17, 15) is 0 Å². The van der Waals surface area contributed by atoms with Crippen LogP contribution in [0.2, 0.25) is 0 Å². The zero-order chi connectivity index (χ0) is 37.7. The summed E-state index contributed by atoms with van der Waals surface area (Å²) in [5, 5.41) is 4.44. The van der Waals surface area contributed by atoms with Gasteiger partial charge >= 0.3 is 0 Å². The first-order chi connectivity index (χ1) is 26.6. The van der Waals surface area contributed by atoms with E-state index < -0.39 is 18.1 Å². The van der Waals surface area contributed by atoms with Crippen LogP contribution in [0.5, 0.6) is 0 Å². The lowest BCUT2D eigenvalue weighted by molar-refractivity contribution is 0.661. The van der Waals surface area contributed by atoms with Gasteiger partial charge in [0.2, 0.25) is 0 Å². The Hall–Kier alpha value is -6.32. The molecular formula is C47H32N2O. The van der Waals surface area contributed by atoms with E-state index in [0.29, 0.717) is 11.4 Å². The summed E-state index contributed by atoms with van der Waals surface area (Å²) in [7, 11) is 0. The molecule has 236 valence electrons. The Morgan fingerprint density at radius 1 is 0.520 bits per heavy atom. The summed E-state index contributed by atoms with van der Waals surface area (Å²) in [6, 6.07) is 41.5. The third-order valence-electron chi connectivity index (χ3n) is 10.2. The molecule has 9 aromatic rings. The van der Waals surface area contributed by atoms with Crippen LogP contribution in [-0.4, -0.2) is 9.97 Å². The highest BCUT2D eigenvalue weighted by molar-refractivity contribution is 6.06. The van der Waals surface area contributed by atoms with E-state index in [0.717, 1.165) is 60.7 Å². The van der Waals surface area contributed by atoms with Crippen molar-refractivity contribution >= 4 is 32.7 Å². The number of hydrogen-bond donors (Lipinski definition) is 0. The number of fused-ring (bicyclic) bond motifs is 7. The average molecular weight is 646 g/mol. The molecule has 0 amide bonds. The molecule has 3 nitrogen and oxygen atoms in total. The fraction of sp³-hybridized carbons (Fsp3) is 0.0638. The molecular weight excluding hydrogens is 609 g/mol. The number of rotatable bonds is 4. The SMILES string of the molecule is [2H]c1c([2H])c([2H])c(-c2nc(-c3ccc(-c4ccc5oc6ccccc6c5c4)cc3)cc(-c3cccc4c3-c3cc5ccccc5cc3C4(C)C)n2)c([2H])c1[2H]. The maximum Gasteiger partial charge on any atom is 0.160 e. The lowest BCUT2D eigenvalue weighted by Crippen LogP contribution is -2.14. The summed E-state index contributed by atoms with van der Waals surface area (Å²) in [6.07, 6.45) is 0. The molecule has 0 saturated carbocycles. The smallest absolute Gasteiger partial charge is 0.160 e. The summed E-state index contributed by atoms with van der Waals surface area (Å²) in [6.45, 7) is 4.49. The number of hydrogen-bond acceptors (Lipinski definition) is 3. The third kappa shape index (κ3) is 4.44. The zero-order valence-electron chi connectivity index (χ0n) is 32.4. The van der Waals surface area contributed by atoms with Gasteiger partial charge in [-0.25, -0.2) is 9.97 Å². The Morgan fingerprint density at radius 3 is 2.06 bits per heavy atom. The highest BCUT2D eigenvalue weighted by Gasteiger charge is 2.37. The van der Waals surface area contributed by atoms with Crippen molar-refractivity contribution in [3.63, 3.8) is 0 Å². The fourth-order valence-corrected chi connectivity index (χ4v) is 7.63. The van der Waals surface area contributed by atoms with Gasteiger partial charge < -0.3 is 4.42 Å². The van der Waals surface area contributed by atoms with Crippen molar-refractivity contribution in [2.24, 2.45) is 0 Å². The Morgan fingerprint density at radius 2 is 1.22 bits per heavy atom. The first-order valence-corrected chi connectivity index (χ1v) is 16.7. The van der Waals surface area contributed by atoms with Crippen LogP contribution in [0.15, 0.2) is 162 Å². The van der Waals surface area contributed by atoms with Crippen LogP contribution in [-0.2, 0) is 5.41 Å². The van der Waals surface area contributed by atoms with Crippen molar-refractivity contribution in [1.29, 1.82) is 0 Å². The minimum absolute atomic E-state index is 0.0364. The van der Waals surface area contributed by atoms with E-state index in [4.69, 9.17) is 21.2 Å². The van der Waals surface area contributed by atoms with E-state index >= 15 is 0 Å². The van der Waals surface area contributed by atoms with Gasteiger partial charge in [-0.2, -0.15) is 0 Å². The number of para-hydroxylation sites is 1. The highest BCUT2D eigenvalue weighted by Crippen LogP contribution is 2.53. The van der Waals surface area contributed by atoms with Gasteiger partial charge in [0.15, 0.2) is 5.82 Å². The topological polar surface area (TPSA) is 38.9 Å². The van der Waals surface area contributed by atoms with Crippen LogP contribution in [0.1, 0.15) is 31.8 Å². The third-order valence-corrected chi connectivity index (χ3v) is 10.2. The van der Waals surface area contributed by atoms with Gasteiger partial charge in [-0.15, -0.1) is 0 Å². The summed E-state index contributed by atoms with van der Waals surface area (Å²) < 4.78 is 48.8. The number of furan rings is 1. The van der Waals surface area contributed by atoms with Crippen LogP contribution in [0, 0.1) is 0 Å². The molecule has 0 N–H and O–H groups in total.